The Balaban J connectivity index is 1.74. The van der Waals surface area contributed by atoms with E-state index in [4.69, 9.17) is 0 Å². The fraction of sp³-hybridized carbons (Fsp3) is 0.500. The van der Waals surface area contributed by atoms with Crippen molar-refractivity contribution in [2.75, 3.05) is 13.1 Å². The average molecular weight is 385 g/mol. The number of nitrogens with one attached hydrogen (secondary N) is 2. The highest BCUT2D eigenvalue weighted by atomic mass is 19.3. The molecule has 1 aromatic heterocycles. The summed E-state index contributed by atoms with van der Waals surface area (Å²) in [4.78, 5) is 21.4. The van der Waals surface area contributed by atoms with Gasteiger partial charge in [0.15, 0.2) is 0 Å². The summed E-state index contributed by atoms with van der Waals surface area (Å²) in [7, 11) is 0. The van der Waals surface area contributed by atoms with Gasteiger partial charge < -0.3 is 10.6 Å². The minimum atomic E-state index is -2.73. The molecule has 2 fully saturated rings. The van der Waals surface area contributed by atoms with Gasteiger partial charge in [-0.15, -0.1) is 0 Å². The molecule has 1 unspecified atom stereocenters. The van der Waals surface area contributed by atoms with Crippen molar-refractivity contribution in [1.82, 2.24) is 20.6 Å². The van der Waals surface area contributed by atoms with Crippen molar-refractivity contribution >= 4 is 16.9 Å². The topological polar surface area (TPSA) is 90.7 Å². The summed E-state index contributed by atoms with van der Waals surface area (Å²) in [6.07, 6.45) is 3.29. The van der Waals surface area contributed by atoms with Gasteiger partial charge in [-0.2, -0.15) is 5.26 Å². The molecule has 146 valence electrons. The third kappa shape index (κ3) is 3.31. The molecular weight excluding hydrogens is 364 g/mol. The number of benzene rings is 1. The number of halogens is 2. The number of nitrogens with zero attached hydrogens (tertiary/aromatic N) is 3. The number of carbonyl (C=O) groups excluding carboxylic acids is 1. The van der Waals surface area contributed by atoms with Gasteiger partial charge in [0.2, 0.25) is 5.91 Å². The summed E-state index contributed by atoms with van der Waals surface area (Å²) in [6.45, 7) is 3.33. The summed E-state index contributed by atoms with van der Waals surface area (Å²) in [6, 6.07) is 5.58. The van der Waals surface area contributed by atoms with Crippen LogP contribution in [-0.4, -0.2) is 34.9 Å². The van der Waals surface area contributed by atoms with Crippen molar-refractivity contribution in [2.45, 2.75) is 37.6 Å². The number of nitriles is 1. The molecule has 28 heavy (non-hydrogen) atoms. The van der Waals surface area contributed by atoms with Gasteiger partial charge in [0, 0.05) is 43.3 Å². The Kier molecular flexibility index (Phi) is 4.50. The predicted octanol–water partition coefficient (Wildman–Crippen LogP) is 2.49. The number of rotatable bonds is 4. The monoisotopic (exact) mass is 385 g/mol. The maximum atomic E-state index is 13.3. The molecule has 1 aliphatic heterocycles. The Hall–Kier alpha value is -2.66. The number of fused-ring (bicyclic) bond motifs is 1. The maximum Gasteiger partial charge on any atom is 0.252 e. The summed E-state index contributed by atoms with van der Waals surface area (Å²) >= 11 is 0. The number of hydrogen-bond acceptors (Lipinski definition) is 5. The number of alkyl halides is 2. The standard InChI is InChI=1S/C20H21F2N5O/c1-12-7-19(11-24-10-12,27-16(28)6-14-8-20(14,21)22)15-3-2-13(9-23)17-18(15)26-5-4-25-17/h2-5,12,14,24H,6-8,10-11H2,1H3,(H,27,28)/t12-,14?,19-/m0/s1. The zero-order chi connectivity index (χ0) is 19.9. The molecule has 0 radical (unpaired) electrons. The molecule has 4 rings (SSSR count). The highest BCUT2D eigenvalue weighted by Crippen LogP contribution is 2.50. The molecule has 2 aliphatic rings. The van der Waals surface area contributed by atoms with Crippen LogP contribution in [0.2, 0.25) is 0 Å². The van der Waals surface area contributed by atoms with E-state index in [1.807, 2.05) is 0 Å². The Labute approximate surface area is 161 Å². The molecule has 2 heterocycles. The zero-order valence-corrected chi connectivity index (χ0v) is 15.5. The fourth-order valence-corrected chi connectivity index (χ4v) is 4.20. The van der Waals surface area contributed by atoms with Crippen molar-refractivity contribution in [3.8, 4) is 6.07 Å². The van der Waals surface area contributed by atoms with Gasteiger partial charge in [-0.05, 0) is 24.9 Å². The Morgan fingerprint density at radius 2 is 2.04 bits per heavy atom. The van der Waals surface area contributed by atoms with Crippen molar-refractivity contribution in [1.29, 1.82) is 5.26 Å². The second-order valence-corrected chi connectivity index (χ2v) is 7.96. The predicted molar refractivity (Wildman–Crippen MR) is 98.4 cm³/mol. The van der Waals surface area contributed by atoms with Gasteiger partial charge in [0.05, 0.1) is 16.6 Å². The van der Waals surface area contributed by atoms with Gasteiger partial charge in [0.25, 0.3) is 5.92 Å². The molecule has 6 nitrogen and oxygen atoms in total. The normalized spacial score (nSPS) is 28.5. The third-order valence-electron chi connectivity index (χ3n) is 5.64. The van der Waals surface area contributed by atoms with E-state index in [0.717, 1.165) is 12.1 Å². The van der Waals surface area contributed by atoms with Gasteiger partial charge >= 0.3 is 0 Å². The first kappa shape index (κ1) is 18.7. The minimum Gasteiger partial charge on any atom is -0.345 e. The van der Waals surface area contributed by atoms with Crippen LogP contribution in [0.3, 0.4) is 0 Å². The molecule has 1 saturated heterocycles. The van der Waals surface area contributed by atoms with E-state index in [2.05, 4.69) is 33.6 Å². The van der Waals surface area contributed by atoms with E-state index < -0.39 is 17.4 Å². The molecule has 2 N–H and O–H groups in total. The number of amides is 1. The van der Waals surface area contributed by atoms with Gasteiger partial charge in [0.1, 0.15) is 11.6 Å². The van der Waals surface area contributed by atoms with Gasteiger partial charge in [-0.25, -0.2) is 8.78 Å². The van der Waals surface area contributed by atoms with Gasteiger partial charge in [-0.3, -0.25) is 14.8 Å². The summed E-state index contributed by atoms with van der Waals surface area (Å²) in [5.74, 6) is -3.73. The minimum absolute atomic E-state index is 0.191. The summed E-state index contributed by atoms with van der Waals surface area (Å²) in [5.41, 5.74) is 1.39. The van der Waals surface area contributed by atoms with Crippen molar-refractivity contribution in [3.05, 3.63) is 35.7 Å². The Bertz CT molecular complexity index is 973. The molecular formula is C20H21F2N5O. The molecule has 0 bridgehead atoms. The van der Waals surface area contributed by atoms with E-state index in [1.54, 1.807) is 18.3 Å². The van der Waals surface area contributed by atoms with Crippen LogP contribution in [0.25, 0.3) is 11.0 Å². The van der Waals surface area contributed by atoms with E-state index >= 15 is 0 Å². The van der Waals surface area contributed by atoms with Crippen LogP contribution in [0.5, 0.6) is 0 Å². The van der Waals surface area contributed by atoms with Crippen LogP contribution in [0.4, 0.5) is 8.78 Å². The van der Waals surface area contributed by atoms with Crippen LogP contribution in [-0.2, 0) is 10.3 Å². The fourth-order valence-electron chi connectivity index (χ4n) is 4.20. The first-order chi connectivity index (χ1) is 13.3. The number of hydrogen-bond donors (Lipinski definition) is 2. The second-order valence-electron chi connectivity index (χ2n) is 7.96. The molecule has 2 aromatic rings. The quantitative estimate of drug-likeness (QED) is 0.844. The van der Waals surface area contributed by atoms with E-state index in [9.17, 15) is 18.8 Å². The molecule has 1 saturated carbocycles. The number of carbonyl (C=O) groups is 1. The van der Waals surface area contributed by atoms with Crippen LogP contribution < -0.4 is 10.6 Å². The largest absolute Gasteiger partial charge is 0.345 e. The lowest BCUT2D eigenvalue weighted by atomic mass is 9.78. The van der Waals surface area contributed by atoms with Crippen molar-refractivity contribution < 1.29 is 13.6 Å². The first-order valence-electron chi connectivity index (χ1n) is 9.38. The average Bonchev–Trinajstić information content (AvgIpc) is 3.26. The lowest BCUT2D eigenvalue weighted by molar-refractivity contribution is -0.124. The molecule has 1 aliphatic carbocycles. The van der Waals surface area contributed by atoms with E-state index in [-0.39, 0.29) is 24.7 Å². The number of aromatic nitrogens is 2. The first-order valence-corrected chi connectivity index (χ1v) is 9.38. The third-order valence-corrected chi connectivity index (χ3v) is 5.64. The SMILES string of the molecule is C[C@@H]1CNC[C@](NC(=O)CC2CC2(F)F)(c2ccc(C#N)c3nccnc23)C1. The van der Waals surface area contributed by atoms with Crippen molar-refractivity contribution in [3.63, 3.8) is 0 Å². The van der Waals surface area contributed by atoms with Crippen LogP contribution in [0.15, 0.2) is 24.5 Å². The lowest BCUT2D eigenvalue weighted by Crippen LogP contribution is -2.57. The summed E-state index contributed by atoms with van der Waals surface area (Å²) < 4.78 is 26.5. The Morgan fingerprint density at radius 1 is 1.32 bits per heavy atom. The van der Waals surface area contributed by atoms with Crippen LogP contribution in [0.1, 0.15) is 37.3 Å². The second kappa shape index (κ2) is 6.74. The summed E-state index contributed by atoms with van der Waals surface area (Å²) in [5, 5.41) is 15.7. The molecule has 1 aromatic carbocycles. The van der Waals surface area contributed by atoms with Crippen molar-refractivity contribution in [2.24, 2.45) is 11.8 Å². The molecule has 1 amide bonds. The van der Waals surface area contributed by atoms with E-state index in [1.165, 1.54) is 6.20 Å². The molecule has 8 heteroatoms. The van der Waals surface area contributed by atoms with Crippen LogP contribution >= 0.6 is 0 Å². The highest BCUT2D eigenvalue weighted by Gasteiger charge is 2.57. The maximum absolute atomic E-state index is 13.3. The highest BCUT2D eigenvalue weighted by molar-refractivity contribution is 5.86. The van der Waals surface area contributed by atoms with Gasteiger partial charge in [-0.1, -0.05) is 13.0 Å². The zero-order valence-electron chi connectivity index (χ0n) is 15.5. The van der Waals surface area contributed by atoms with Crippen LogP contribution in [0, 0.1) is 23.2 Å². The molecule has 0 spiro atoms. The van der Waals surface area contributed by atoms with E-state index in [0.29, 0.717) is 29.6 Å². The lowest BCUT2D eigenvalue weighted by Gasteiger charge is -2.42. The number of piperidine rings is 1. The molecule has 3 atom stereocenters. The Morgan fingerprint density at radius 3 is 2.68 bits per heavy atom. The smallest absolute Gasteiger partial charge is 0.252 e.